The Kier molecular flexibility index (Phi) is 4.09. The van der Waals surface area contributed by atoms with Crippen molar-refractivity contribution in [3.05, 3.63) is 24.8 Å². The van der Waals surface area contributed by atoms with E-state index in [2.05, 4.69) is 31.0 Å². The van der Waals surface area contributed by atoms with Crippen LogP contribution in [0.5, 0.6) is 0 Å². The molecule has 2 atom stereocenters. The van der Waals surface area contributed by atoms with Crippen molar-refractivity contribution in [1.29, 1.82) is 0 Å². The molecule has 2 unspecified atom stereocenters. The molecule has 0 aromatic heterocycles. The van der Waals surface area contributed by atoms with E-state index in [-0.39, 0.29) is 0 Å². The topological polar surface area (TPSA) is 12.0 Å². The minimum atomic E-state index is 0.621. The van der Waals surface area contributed by atoms with Gasteiger partial charge in [0.1, 0.15) is 0 Å². The van der Waals surface area contributed by atoms with E-state index in [0.717, 1.165) is 12.5 Å². The number of rotatable bonds is 5. The molecular formula is C11H19N. The Morgan fingerprint density at radius 1 is 1.75 bits per heavy atom. The summed E-state index contributed by atoms with van der Waals surface area (Å²) in [5.74, 6) is 0.817. The second kappa shape index (κ2) is 5.15. The molecule has 0 saturated carbocycles. The van der Waals surface area contributed by atoms with E-state index in [1.165, 1.54) is 19.3 Å². The van der Waals surface area contributed by atoms with Gasteiger partial charge in [-0.1, -0.05) is 18.2 Å². The van der Waals surface area contributed by atoms with Crippen LogP contribution in [0.2, 0.25) is 0 Å². The average Bonchev–Trinajstić information content (AvgIpc) is 2.53. The zero-order valence-electron chi connectivity index (χ0n) is 7.92. The number of nitrogens with one attached hydrogen (secondary N) is 1. The van der Waals surface area contributed by atoms with Gasteiger partial charge in [-0.05, 0) is 32.1 Å². The summed E-state index contributed by atoms with van der Waals surface area (Å²) in [6.07, 6.45) is 10.5. The molecule has 0 aliphatic heterocycles. The number of allylic oxidation sites excluding steroid dienone is 2. The zero-order valence-corrected chi connectivity index (χ0v) is 7.92. The van der Waals surface area contributed by atoms with Crippen LogP contribution in [0.3, 0.4) is 0 Å². The quantitative estimate of drug-likeness (QED) is 0.617. The summed E-state index contributed by atoms with van der Waals surface area (Å²) in [6, 6.07) is 0.621. The molecule has 0 saturated heterocycles. The third kappa shape index (κ3) is 3.22. The summed E-state index contributed by atoms with van der Waals surface area (Å²) in [6.45, 7) is 6.86. The van der Waals surface area contributed by atoms with E-state index >= 15 is 0 Å². The van der Waals surface area contributed by atoms with Crippen LogP contribution in [0.1, 0.15) is 26.2 Å². The van der Waals surface area contributed by atoms with E-state index in [1.807, 2.05) is 6.08 Å². The molecule has 68 valence electrons. The molecule has 0 spiro atoms. The minimum absolute atomic E-state index is 0.621. The Bertz CT molecular complexity index is 160. The van der Waals surface area contributed by atoms with E-state index in [1.54, 1.807) is 0 Å². The zero-order chi connectivity index (χ0) is 8.81. The second-order valence-corrected chi connectivity index (χ2v) is 3.60. The average molecular weight is 165 g/mol. The van der Waals surface area contributed by atoms with Crippen molar-refractivity contribution in [2.45, 2.75) is 32.2 Å². The van der Waals surface area contributed by atoms with Crippen molar-refractivity contribution in [1.82, 2.24) is 5.32 Å². The van der Waals surface area contributed by atoms with E-state index in [9.17, 15) is 0 Å². The highest BCUT2D eigenvalue weighted by atomic mass is 14.9. The van der Waals surface area contributed by atoms with Gasteiger partial charge in [0.05, 0.1) is 0 Å². The first-order valence-corrected chi connectivity index (χ1v) is 4.84. The smallest absolute Gasteiger partial charge is 0.0134 e. The largest absolute Gasteiger partial charge is 0.311 e. The fourth-order valence-corrected chi connectivity index (χ4v) is 1.71. The van der Waals surface area contributed by atoms with Crippen molar-refractivity contribution in [2.75, 3.05) is 6.54 Å². The minimum Gasteiger partial charge on any atom is -0.311 e. The molecule has 0 aromatic rings. The molecule has 0 aromatic carbocycles. The fraction of sp³-hybridized carbons (Fsp3) is 0.636. The van der Waals surface area contributed by atoms with Gasteiger partial charge in [0, 0.05) is 12.6 Å². The Morgan fingerprint density at radius 2 is 2.58 bits per heavy atom. The van der Waals surface area contributed by atoms with E-state index in [4.69, 9.17) is 0 Å². The monoisotopic (exact) mass is 165 g/mol. The lowest BCUT2D eigenvalue weighted by Crippen LogP contribution is -2.27. The molecule has 1 aliphatic rings. The Hall–Kier alpha value is -0.560. The third-order valence-corrected chi connectivity index (χ3v) is 2.38. The van der Waals surface area contributed by atoms with Crippen molar-refractivity contribution in [3.63, 3.8) is 0 Å². The fourth-order valence-electron chi connectivity index (χ4n) is 1.71. The second-order valence-electron chi connectivity index (χ2n) is 3.60. The van der Waals surface area contributed by atoms with E-state index < -0.39 is 0 Å². The van der Waals surface area contributed by atoms with Gasteiger partial charge in [0.25, 0.3) is 0 Å². The van der Waals surface area contributed by atoms with Crippen molar-refractivity contribution in [3.8, 4) is 0 Å². The van der Waals surface area contributed by atoms with Gasteiger partial charge in [0.2, 0.25) is 0 Å². The van der Waals surface area contributed by atoms with Gasteiger partial charge in [-0.25, -0.2) is 0 Å². The van der Waals surface area contributed by atoms with Crippen LogP contribution in [-0.4, -0.2) is 12.6 Å². The standard InChI is InChI=1S/C11H19N/c1-3-8-12-10(2)9-11-6-4-5-7-11/h3-4,6,10-12H,1,5,7-9H2,2H3. The van der Waals surface area contributed by atoms with Crippen molar-refractivity contribution >= 4 is 0 Å². The summed E-state index contributed by atoms with van der Waals surface area (Å²) in [4.78, 5) is 0. The molecule has 1 N–H and O–H groups in total. The normalized spacial score (nSPS) is 24.2. The van der Waals surface area contributed by atoms with E-state index in [0.29, 0.717) is 6.04 Å². The van der Waals surface area contributed by atoms with Gasteiger partial charge < -0.3 is 5.32 Å². The molecule has 1 rings (SSSR count). The summed E-state index contributed by atoms with van der Waals surface area (Å²) < 4.78 is 0. The summed E-state index contributed by atoms with van der Waals surface area (Å²) in [5, 5.41) is 3.41. The summed E-state index contributed by atoms with van der Waals surface area (Å²) in [7, 11) is 0. The number of hydrogen-bond donors (Lipinski definition) is 1. The van der Waals surface area contributed by atoms with Gasteiger partial charge in [0.15, 0.2) is 0 Å². The highest BCUT2D eigenvalue weighted by molar-refractivity contribution is 4.97. The van der Waals surface area contributed by atoms with Crippen LogP contribution >= 0.6 is 0 Å². The maximum atomic E-state index is 3.69. The molecule has 1 heteroatoms. The van der Waals surface area contributed by atoms with Crippen molar-refractivity contribution in [2.24, 2.45) is 5.92 Å². The molecule has 0 fully saturated rings. The summed E-state index contributed by atoms with van der Waals surface area (Å²) in [5.41, 5.74) is 0. The first-order chi connectivity index (χ1) is 5.83. The third-order valence-electron chi connectivity index (χ3n) is 2.38. The Morgan fingerprint density at radius 3 is 3.17 bits per heavy atom. The molecule has 1 aliphatic carbocycles. The highest BCUT2D eigenvalue weighted by Crippen LogP contribution is 2.21. The molecule has 0 bridgehead atoms. The van der Waals surface area contributed by atoms with Gasteiger partial charge in [-0.15, -0.1) is 6.58 Å². The number of hydrogen-bond acceptors (Lipinski definition) is 1. The lowest BCUT2D eigenvalue weighted by atomic mass is 10.0. The molecule has 1 nitrogen and oxygen atoms in total. The van der Waals surface area contributed by atoms with Crippen LogP contribution in [0, 0.1) is 5.92 Å². The molecular weight excluding hydrogens is 146 g/mol. The highest BCUT2D eigenvalue weighted by Gasteiger charge is 2.12. The van der Waals surface area contributed by atoms with Crippen LogP contribution in [0.4, 0.5) is 0 Å². The molecule has 0 amide bonds. The maximum absolute atomic E-state index is 3.69. The SMILES string of the molecule is C=CCNC(C)CC1C=CCC1. The predicted molar refractivity (Wildman–Crippen MR) is 54.1 cm³/mol. The predicted octanol–water partition coefficient (Wildman–Crippen LogP) is 2.51. The van der Waals surface area contributed by atoms with Gasteiger partial charge in [-0.2, -0.15) is 0 Å². The lowest BCUT2D eigenvalue weighted by Gasteiger charge is -2.15. The molecule has 0 radical (unpaired) electrons. The first-order valence-electron chi connectivity index (χ1n) is 4.84. The summed E-state index contributed by atoms with van der Waals surface area (Å²) >= 11 is 0. The lowest BCUT2D eigenvalue weighted by molar-refractivity contribution is 0.458. The Balaban J connectivity index is 2.12. The first kappa shape index (κ1) is 9.53. The molecule has 0 heterocycles. The molecule has 12 heavy (non-hydrogen) atoms. The van der Waals surface area contributed by atoms with Crippen LogP contribution in [0.25, 0.3) is 0 Å². The van der Waals surface area contributed by atoms with Crippen LogP contribution in [0.15, 0.2) is 24.8 Å². The van der Waals surface area contributed by atoms with Crippen molar-refractivity contribution < 1.29 is 0 Å². The van der Waals surface area contributed by atoms with Gasteiger partial charge >= 0.3 is 0 Å². The van der Waals surface area contributed by atoms with Crippen LogP contribution < -0.4 is 5.32 Å². The van der Waals surface area contributed by atoms with Crippen LogP contribution in [-0.2, 0) is 0 Å². The maximum Gasteiger partial charge on any atom is 0.0134 e. The van der Waals surface area contributed by atoms with Gasteiger partial charge in [-0.3, -0.25) is 0 Å². The Labute approximate surface area is 75.6 Å².